The fourth-order valence-corrected chi connectivity index (χ4v) is 4.55. The van der Waals surface area contributed by atoms with E-state index in [1.54, 1.807) is 0 Å². The molecule has 0 N–H and O–H groups in total. The Morgan fingerprint density at radius 3 is 2.25 bits per heavy atom. The van der Waals surface area contributed by atoms with Crippen molar-refractivity contribution in [2.75, 3.05) is 6.61 Å². The molecule has 3 unspecified atom stereocenters. The standard InChI is InChI=1S/C18H32O2/c1-15-13-18-12-10-8-6-4-2-3-5-7-9-11-16(14-19-18)17(15)20-18/h15-17H,2-14H2,1H3/t15?,16?,17-,18?/m1/s1. The third-order valence-electron chi connectivity index (χ3n) is 5.70. The van der Waals surface area contributed by atoms with Crippen LogP contribution in [-0.2, 0) is 9.47 Å². The maximum atomic E-state index is 6.41. The lowest BCUT2D eigenvalue weighted by Gasteiger charge is -2.38. The molecular weight excluding hydrogens is 248 g/mol. The molecule has 3 bridgehead atoms. The molecule has 116 valence electrons. The van der Waals surface area contributed by atoms with Crippen molar-refractivity contribution in [1.29, 1.82) is 0 Å². The van der Waals surface area contributed by atoms with Crippen molar-refractivity contribution in [1.82, 2.24) is 0 Å². The average Bonchev–Trinajstić information content (AvgIpc) is 2.70. The second-order valence-corrected chi connectivity index (χ2v) is 7.47. The first-order chi connectivity index (χ1) is 9.79. The Balaban J connectivity index is 1.61. The van der Waals surface area contributed by atoms with E-state index in [4.69, 9.17) is 9.47 Å². The van der Waals surface area contributed by atoms with Crippen LogP contribution in [0.2, 0.25) is 0 Å². The molecule has 0 aromatic rings. The van der Waals surface area contributed by atoms with Gasteiger partial charge in [-0.05, 0) is 18.8 Å². The average molecular weight is 280 g/mol. The van der Waals surface area contributed by atoms with Crippen LogP contribution < -0.4 is 0 Å². The Morgan fingerprint density at radius 2 is 1.50 bits per heavy atom. The summed E-state index contributed by atoms with van der Waals surface area (Å²) in [4.78, 5) is 0. The number of fused-ring (bicyclic) bond motifs is 4. The van der Waals surface area contributed by atoms with Crippen LogP contribution in [0.3, 0.4) is 0 Å². The van der Waals surface area contributed by atoms with Gasteiger partial charge in [0.1, 0.15) is 0 Å². The maximum Gasteiger partial charge on any atom is 0.169 e. The molecule has 0 aromatic heterocycles. The minimum Gasteiger partial charge on any atom is -0.350 e. The van der Waals surface area contributed by atoms with E-state index in [1.807, 2.05) is 0 Å². The summed E-state index contributed by atoms with van der Waals surface area (Å²) in [5.41, 5.74) is 0. The van der Waals surface area contributed by atoms with Crippen LogP contribution in [0.1, 0.15) is 84.0 Å². The van der Waals surface area contributed by atoms with Gasteiger partial charge in [-0.3, -0.25) is 0 Å². The zero-order chi connectivity index (χ0) is 13.8. The summed E-state index contributed by atoms with van der Waals surface area (Å²) in [5, 5.41) is 0. The van der Waals surface area contributed by atoms with Gasteiger partial charge >= 0.3 is 0 Å². The van der Waals surface area contributed by atoms with Gasteiger partial charge in [-0.25, -0.2) is 0 Å². The normalized spacial score (nSPS) is 44.0. The predicted octanol–water partition coefficient (Wildman–Crippen LogP) is 5.06. The van der Waals surface area contributed by atoms with Crippen LogP contribution in [0, 0.1) is 11.8 Å². The Labute approximate surface area is 124 Å². The monoisotopic (exact) mass is 280 g/mol. The summed E-state index contributed by atoms with van der Waals surface area (Å²) in [6.07, 6.45) is 16.6. The highest BCUT2D eigenvalue weighted by Gasteiger charge is 2.51. The quantitative estimate of drug-likeness (QED) is 0.617. The van der Waals surface area contributed by atoms with Crippen molar-refractivity contribution in [2.45, 2.75) is 95.9 Å². The SMILES string of the molecule is CC1CC23CCCCCCCCCCCC(CO2)[C@@H]1O3. The van der Waals surface area contributed by atoms with Crippen LogP contribution in [0.15, 0.2) is 0 Å². The van der Waals surface area contributed by atoms with Crippen LogP contribution in [0.5, 0.6) is 0 Å². The lowest BCUT2D eigenvalue weighted by molar-refractivity contribution is -0.281. The summed E-state index contributed by atoms with van der Waals surface area (Å²) < 4.78 is 12.7. The van der Waals surface area contributed by atoms with E-state index in [9.17, 15) is 0 Å². The van der Waals surface area contributed by atoms with E-state index in [0.717, 1.165) is 19.4 Å². The zero-order valence-corrected chi connectivity index (χ0v) is 13.2. The number of hydrogen-bond acceptors (Lipinski definition) is 2. The molecule has 3 fully saturated rings. The maximum absolute atomic E-state index is 6.41. The van der Waals surface area contributed by atoms with Gasteiger partial charge in [0, 0.05) is 18.8 Å². The Hall–Kier alpha value is -0.0800. The number of ether oxygens (including phenoxy) is 2. The molecule has 4 atom stereocenters. The van der Waals surface area contributed by atoms with Crippen molar-refractivity contribution in [3.8, 4) is 0 Å². The van der Waals surface area contributed by atoms with Crippen molar-refractivity contribution >= 4 is 0 Å². The van der Waals surface area contributed by atoms with Gasteiger partial charge < -0.3 is 9.47 Å². The molecule has 3 aliphatic rings. The van der Waals surface area contributed by atoms with Crippen molar-refractivity contribution in [3.63, 3.8) is 0 Å². The van der Waals surface area contributed by atoms with E-state index >= 15 is 0 Å². The highest BCUT2D eigenvalue weighted by Crippen LogP contribution is 2.47. The molecule has 0 aliphatic carbocycles. The lowest BCUT2D eigenvalue weighted by Crippen LogP contribution is -2.42. The summed E-state index contributed by atoms with van der Waals surface area (Å²) in [7, 11) is 0. The van der Waals surface area contributed by atoms with Gasteiger partial charge in [0.15, 0.2) is 5.79 Å². The van der Waals surface area contributed by atoms with Crippen LogP contribution in [0.25, 0.3) is 0 Å². The third kappa shape index (κ3) is 3.39. The molecule has 0 aromatic carbocycles. The fourth-order valence-electron chi connectivity index (χ4n) is 4.55. The molecule has 2 heteroatoms. The van der Waals surface area contributed by atoms with Gasteiger partial charge in [0.25, 0.3) is 0 Å². The van der Waals surface area contributed by atoms with Crippen LogP contribution in [0.4, 0.5) is 0 Å². The van der Waals surface area contributed by atoms with Crippen LogP contribution in [-0.4, -0.2) is 18.5 Å². The fraction of sp³-hybridized carbons (Fsp3) is 1.00. The van der Waals surface area contributed by atoms with E-state index in [-0.39, 0.29) is 5.79 Å². The third-order valence-corrected chi connectivity index (χ3v) is 5.70. The molecule has 1 spiro atoms. The van der Waals surface area contributed by atoms with E-state index in [1.165, 1.54) is 64.2 Å². The van der Waals surface area contributed by atoms with Crippen molar-refractivity contribution < 1.29 is 9.47 Å². The minimum atomic E-state index is -0.194. The molecular formula is C18H32O2. The molecule has 0 radical (unpaired) electrons. The molecule has 0 amide bonds. The van der Waals surface area contributed by atoms with E-state index < -0.39 is 0 Å². The predicted molar refractivity (Wildman–Crippen MR) is 81.6 cm³/mol. The summed E-state index contributed by atoms with van der Waals surface area (Å²) >= 11 is 0. The summed E-state index contributed by atoms with van der Waals surface area (Å²) in [6.45, 7) is 3.33. The van der Waals surface area contributed by atoms with Crippen molar-refractivity contribution in [2.24, 2.45) is 11.8 Å². The first-order valence-electron chi connectivity index (χ1n) is 9.11. The first-order valence-corrected chi connectivity index (χ1v) is 9.11. The molecule has 20 heavy (non-hydrogen) atoms. The minimum absolute atomic E-state index is 0.194. The number of hydrogen-bond donors (Lipinski definition) is 0. The Kier molecular flexibility index (Phi) is 5.04. The number of rotatable bonds is 0. The smallest absolute Gasteiger partial charge is 0.169 e. The first kappa shape index (κ1) is 14.8. The Morgan fingerprint density at radius 1 is 0.850 bits per heavy atom. The van der Waals surface area contributed by atoms with Gasteiger partial charge in [-0.15, -0.1) is 0 Å². The second-order valence-electron chi connectivity index (χ2n) is 7.47. The molecule has 0 saturated carbocycles. The topological polar surface area (TPSA) is 18.5 Å². The summed E-state index contributed by atoms with van der Waals surface area (Å²) in [6, 6.07) is 0. The second kappa shape index (κ2) is 6.79. The van der Waals surface area contributed by atoms with Gasteiger partial charge in [0.05, 0.1) is 12.7 Å². The van der Waals surface area contributed by atoms with E-state index in [0.29, 0.717) is 17.9 Å². The Bertz CT molecular complexity index is 300. The van der Waals surface area contributed by atoms with E-state index in [2.05, 4.69) is 6.92 Å². The van der Waals surface area contributed by atoms with Gasteiger partial charge in [0.2, 0.25) is 0 Å². The molecule has 3 aliphatic heterocycles. The van der Waals surface area contributed by atoms with Crippen molar-refractivity contribution in [3.05, 3.63) is 0 Å². The zero-order valence-electron chi connectivity index (χ0n) is 13.2. The molecule has 2 nitrogen and oxygen atoms in total. The van der Waals surface area contributed by atoms with Gasteiger partial charge in [-0.1, -0.05) is 58.3 Å². The van der Waals surface area contributed by atoms with Gasteiger partial charge in [-0.2, -0.15) is 0 Å². The largest absolute Gasteiger partial charge is 0.350 e. The lowest BCUT2D eigenvalue weighted by atomic mass is 9.88. The highest BCUT2D eigenvalue weighted by molar-refractivity contribution is 4.93. The summed E-state index contributed by atoms with van der Waals surface area (Å²) in [5.74, 6) is 1.15. The van der Waals surface area contributed by atoms with Crippen LogP contribution >= 0.6 is 0 Å². The molecule has 3 heterocycles. The molecule has 3 saturated heterocycles. The highest BCUT2D eigenvalue weighted by atomic mass is 16.7. The molecule has 3 rings (SSSR count).